The van der Waals surface area contributed by atoms with E-state index in [4.69, 9.17) is 21.7 Å². The minimum absolute atomic E-state index is 0.00655. The van der Waals surface area contributed by atoms with Gasteiger partial charge in [-0.3, -0.25) is 19.8 Å². The average molecular weight is 432 g/mol. The van der Waals surface area contributed by atoms with Crippen LogP contribution in [0.5, 0.6) is 0 Å². The number of hydrogen-bond donors (Lipinski definition) is 2. The molecule has 2 aromatic carbocycles. The van der Waals surface area contributed by atoms with Crippen molar-refractivity contribution in [1.29, 1.82) is 0 Å². The molecule has 3 aromatic rings. The molecule has 1 aliphatic rings. The Morgan fingerprint density at radius 3 is 2.61 bits per heavy atom. The van der Waals surface area contributed by atoms with Crippen molar-refractivity contribution >= 4 is 46.9 Å². The molecule has 1 aromatic heterocycles. The summed E-state index contributed by atoms with van der Waals surface area (Å²) < 4.78 is 5.74. The number of anilines is 1. The topological polar surface area (TPSA) is 99.8 Å². The maximum absolute atomic E-state index is 13.1. The van der Waals surface area contributed by atoms with Crippen LogP contribution in [-0.2, 0) is 9.59 Å². The number of rotatable bonds is 4. The summed E-state index contributed by atoms with van der Waals surface area (Å²) in [6, 6.07) is 16.7. The molecule has 0 saturated carbocycles. The number of benzene rings is 2. The van der Waals surface area contributed by atoms with Crippen LogP contribution >= 0.6 is 12.2 Å². The highest BCUT2D eigenvalue weighted by Gasteiger charge is 2.35. The number of aryl methyl sites for hydroxylation is 1. The quantitative estimate of drug-likeness (QED) is 0.370. The van der Waals surface area contributed by atoms with E-state index in [2.05, 4.69) is 5.32 Å². The highest BCUT2D eigenvalue weighted by molar-refractivity contribution is 7.80. The van der Waals surface area contributed by atoms with E-state index in [0.29, 0.717) is 17.0 Å². The van der Waals surface area contributed by atoms with Crippen molar-refractivity contribution in [2.75, 3.05) is 4.90 Å². The van der Waals surface area contributed by atoms with Gasteiger partial charge in [-0.15, -0.1) is 0 Å². The van der Waals surface area contributed by atoms with Gasteiger partial charge in [-0.2, -0.15) is 0 Å². The molecule has 1 aliphatic heterocycles. The van der Waals surface area contributed by atoms with Gasteiger partial charge < -0.3 is 9.52 Å². The fraction of sp³-hybridized carbons (Fsp3) is 0.0435. The van der Waals surface area contributed by atoms with Gasteiger partial charge in [-0.05, 0) is 61.1 Å². The van der Waals surface area contributed by atoms with Crippen molar-refractivity contribution in [3.05, 3.63) is 83.1 Å². The maximum Gasteiger partial charge on any atom is 0.335 e. The van der Waals surface area contributed by atoms with Gasteiger partial charge in [0.25, 0.3) is 11.8 Å². The molecular weight excluding hydrogens is 416 g/mol. The number of thiocarbonyl (C=S) groups is 1. The second-order valence-corrected chi connectivity index (χ2v) is 7.22. The third kappa shape index (κ3) is 3.88. The molecule has 0 unspecified atom stereocenters. The number of aromatic carboxylic acids is 1. The lowest BCUT2D eigenvalue weighted by atomic mass is 10.1. The van der Waals surface area contributed by atoms with E-state index >= 15 is 0 Å². The average Bonchev–Trinajstić information content (AvgIpc) is 3.21. The van der Waals surface area contributed by atoms with E-state index in [1.165, 1.54) is 23.1 Å². The van der Waals surface area contributed by atoms with Crippen molar-refractivity contribution in [2.45, 2.75) is 6.92 Å². The third-order valence-electron chi connectivity index (χ3n) is 4.77. The lowest BCUT2D eigenvalue weighted by Crippen LogP contribution is -2.54. The van der Waals surface area contributed by atoms with E-state index in [1.807, 2.05) is 19.1 Å². The van der Waals surface area contributed by atoms with E-state index < -0.39 is 17.8 Å². The first-order chi connectivity index (χ1) is 14.8. The zero-order valence-electron chi connectivity index (χ0n) is 16.3. The van der Waals surface area contributed by atoms with Crippen molar-refractivity contribution in [3.63, 3.8) is 0 Å². The van der Waals surface area contributed by atoms with Crippen LogP contribution in [0.3, 0.4) is 0 Å². The second-order valence-electron chi connectivity index (χ2n) is 6.83. The first kappa shape index (κ1) is 20.2. The largest absolute Gasteiger partial charge is 0.478 e. The van der Waals surface area contributed by atoms with Crippen LogP contribution in [0.15, 0.2) is 70.7 Å². The predicted molar refractivity (Wildman–Crippen MR) is 118 cm³/mol. The van der Waals surface area contributed by atoms with Gasteiger partial charge in [0.15, 0.2) is 5.11 Å². The summed E-state index contributed by atoms with van der Waals surface area (Å²) in [5, 5.41) is 11.7. The smallest absolute Gasteiger partial charge is 0.335 e. The molecule has 0 atom stereocenters. The molecule has 0 bridgehead atoms. The van der Waals surface area contributed by atoms with Gasteiger partial charge in [-0.1, -0.05) is 30.3 Å². The first-order valence-electron chi connectivity index (χ1n) is 9.26. The first-order valence-corrected chi connectivity index (χ1v) is 9.66. The molecule has 2 amide bonds. The molecular formula is C23H16N2O5S. The number of carbonyl (C=O) groups excluding carboxylic acids is 2. The van der Waals surface area contributed by atoms with Gasteiger partial charge in [0.05, 0.1) is 11.3 Å². The number of carboxylic acids is 1. The van der Waals surface area contributed by atoms with Gasteiger partial charge >= 0.3 is 5.97 Å². The number of carboxylic acid groups (broad SMARTS) is 1. The van der Waals surface area contributed by atoms with Crippen molar-refractivity contribution in [2.24, 2.45) is 0 Å². The Bertz CT molecular complexity index is 1270. The molecule has 31 heavy (non-hydrogen) atoms. The molecule has 8 heteroatoms. The molecule has 1 saturated heterocycles. The lowest BCUT2D eigenvalue weighted by molar-refractivity contribution is -0.122. The number of nitrogens with zero attached hydrogens (tertiary/aromatic N) is 1. The van der Waals surface area contributed by atoms with E-state index in [0.717, 1.165) is 5.56 Å². The van der Waals surface area contributed by atoms with Crippen molar-refractivity contribution in [1.82, 2.24) is 5.32 Å². The summed E-state index contributed by atoms with van der Waals surface area (Å²) in [6.07, 6.45) is 1.34. The zero-order chi connectivity index (χ0) is 22.1. The molecule has 4 rings (SSSR count). The lowest BCUT2D eigenvalue weighted by Gasteiger charge is -2.29. The number of nitrogens with one attached hydrogen (secondary N) is 1. The second kappa shape index (κ2) is 8.00. The maximum atomic E-state index is 13.1. The third-order valence-corrected chi connectivity index (χ3v) is 5.05. The van der Waals surface area contributed by atoms with Gasteiger partial charge in [-0.25, -0.2) is 4.79 Å². The summed E-state index contributed by atoms with van der Waals surface area (Å²) in [4.78, 5) is 38.0. The Morgan fingerprint density at radius 2 is 1.87 bits per heavy atom. The van der Waals surface area contributed by atoms with Crippen LogP contribution in [0.2, 0.25) is 0 Å². The van der Waals surface area contributed by atoms with E-state index in [1.54, 1.807) is 36.4 Å². The molecule has 154 valence electrons. The van der Waals surface area contributed by atoms with Crippen LogP contribution in [0.25, 0.3) is 17.4 Å². The number of carbonyl (C=O) groups is 3. The SMILES string of the molecule is Cc1ccccc1N1C(=O)/C(=C\c2ccc(-c3cccc(C(=O)O)c3)o2)C(=O)NC1=S. The van der Waals surface area contributed by atoms with Crippen LogP contribution in [0.1, 0.15) is 21.7 Å². The summed E-state index contributed by atoms with van der Waals surface area (Å²) in [5.74, 6) is -1.55. The molecule has 1 fully saturated rings. The molecule has 0 aliphatic carbocycles. The molecule has 2 heterocycles. The minimum Gasteiger partial charge on any atom is -0.478 e. The Hall–Kier alpha value is -4.04. The predicted octanol–water partition coefficient (Wildman–Crippen LogP) is 3.78. The van der Waals surface area contributed by atoms with Crippen LogP contribution in [0, 0.1) is 6.92 Å². The Kier molecular flexibility index (Phi) is 5.22. The van der Waals surface area contributed by atoms with Gasteiger partial charge in [0, 0.05) is 5.56 Å². The fourth-order valence-electron chi connectivity index (χ4n) is 3.22. The Labute approximate surface area is 182 Å². The molecule has 2 N–H and O–H groups in total. The number of furan rings is 1. The summed E-state index contributed by atoms with van der Waals surface area (Å²) in [6.45, 7) is 1.84. The van der Waals surface area contributed by atoms with Gasteiger partial charge in [0.2, 0.25) is 0 Å². The Morgan fingerprint density at radius 1 is 1.10 bits per heavy atom. The number of hydrogen-bond acceptors (Lipinski definition) is 5. The van der Waals surface area contributed by atoms with E-state index in [-0.39, 0.29) is 22.0 Å². The van der Waals surface area contributed by atoms with Crippen LogP contribution in [-0.4, -0.2) is 28.0 Å². The highest BCUT2D eigenvalue weighted by Crippen LogP contribution is 2.27. The van der Waals surface area contributed by atoms with Crippen LogP contribution in [0.4, 0.5) is 5.69 Å². The normalized spacial score (nSPS) is 15.3. The van der Waals surface area contributed by atoms with E-state index in [9.17, 15) is 14.4 Å². The molecule has 0 spiro atoms. The summed E-state index contributed by atoms with van der Waals surface area (Å²) in [7, 11) is 0. The van der Waals surface area contributed by atoms with Crippen LogP contribution < -0.4 is 10.2 Å². The zero-order valence-corrected chi connectivity index (χ0v) is 17.1. The van der Waals surface area contributed by atoms with Crippen molar-refractivity contribution < 1.29 is 23.9 Å². The number of amides is 2. The number of para-hydroxylation sites is 1. The minimum atomic E-state index is -1.05. The summed E-state index contributed by atoms with van der Waals surface area (Å²) in [5.41, 5.74) is 1.96. The summed E-state index contributed by atoms with van der Waals surface area (Å²) >= 11 is 5.22. The molecule has 7 nitrogen and oxygen atoms in total. The Balaban J connectivity index is 1.68. The monoisotopic (exact) mass is 432 g/mol. The highest BCUT2D eigenvalue weighted by atomic mass is 32.1. The molecule has 0 radical (unpaired) electrons. The van der Waals surface area contributed by atoms with Gasteiger partial charge in [0.1, 0.15) is 17.1 Å². The fourth-order valence-corrected chi connectivity index (χ4v) is 3.50. The van der Waals surface area contributed by atoms with Crippen molar-refractivity contribution in [3.8, 4) is 11.3 Å². The standard InChI is InChI=1S/C23H16N2O5S/c1-13-5-2-3-8-18(13)25-21(27)17(20(26)24-23(25)31)12-16-9-10-19(30-16)14-6-4-7-15(11-14)22(28)29/h2-12H,1H3,(H,28,29)(H,24,26,31)/b17-12-.